The zero-order valence-corrected chi connectivity index (χ0v) is 15.5. The van der Waals surface area contributed by atoms with Gasteiger partial charge in [-0.05, 0) is 29.3 Å². The van der Waals surface area contributed by atoms with Gasteiger partial charge in [0, 0.05) is 25.4 Å². The topological polar surface area (TPSA) is 71.8 Å². The maximum absolute atomic E-state index is 13.7. The zero-order valence-electron chi connectivity index (χ0n) is 15.5. The number of carbonyl (C=O) groups is 1. The van der Waals surface area contributed by atoms with Crippen LogP contribution in [0.5, 0.6) is 0 Å². The molecule has 0 radical (unpaired) electrons. The third kappa shape index (κ3) is 3.98. The van der Waals surface area contributed by atoms with Gasteiger partial charge in [0.05, 0.1) is 12.2 Å². The average Bonchev–Trinajstić information content (AvgIpc) is 3.16. The van der Waals surface area contributed by atoms with E-state index in [1.807, 2.05) is 0 Å². The predicted molar refractivity (Wildman–Crippen MR) is 100 cm³/mol. The van der Waals surface area contributed by atoms with E-state index in [0.717, 1.165) is 16.4 Å². The number of alkyl halides is 3. The number of hydrogen-bond donors (Lipinski definition) is 2. The fraction of sp³-hybridized carbons (Fsp3) is 0.250. The van der Waals surface area contributed by atoms with E-state index >= 15 is 0 Å². The molecule has 0 aliphatic carbocycles. The molecule has 0 spiro atoms. The Morgan fingerprint density at radius 1 is 1.20 bits per heavy atom. The van der Waals surface area contributed by atoms with Crippen molar-refractivity contribution in [2.24, 2.45) is 0 Å². The first-order chi connectivity index (χ1) is 14.3. The fourth-order valence-electron chi connectivity index (χ4n) is 3.42. The maximum Gasteiger partial charge on any atom is 0.410 e. The minimum Gasteiger partial charge on any atom is -0.363 e. The number of halogens is 4. The van der Waals surface area contributed by atoms with Crippen LogP contribution in [0.15, 0.2) is 55.0 Å². The summed E-state index contributed by atoms with van der Waals surface area (Å²) in [6.45, 7) is 0.168. The van der Waals surface area contributed by atoms with Crippen molar-refractivity contribution in [2.45, 2.75) is 31.2 Å². The highest BCUT2D eigenvalue weighted by molar-refractivity contribution is 5.98. The molecule has 1 amide bonds. The molecule has 0 bridgehead atoms. The SMILES string of the molecule is O=C(NCc1cccnc1)c1cnn2c1N[C@@H](c1ccc(F)cc1)C[C@H]2C(F)(F)F. The Hall–Kier alpha value is -3.43. The molecule has 10 heteroatoms. The molecular weight excluding hydrogens is 402 g/mol. The van der Waals surface area contributed by atoms with Gasteiger partial charge in [-0.2, -0.15) is 18.3 Å². The lowest BCUT2D eigenvalue weighted by Crippen LogP contribution is -2.36. The third-order valence-corrected chi connectivity index (χ3v) is 4.93. The maximum atomic E-state index is 13.7. The summed E-state index contributed by atoms with van der Waals surface area (Å²) in [7, 11) is 0. The number of hydrogen-bond acceptors (Lipinski definition) is 4. The van der Waals surface area contributed by atoms with Crippen LogP contribution in [0.4, 0.5) is 23.4 Å². The van der Waals surface area contributed by atoms with E-state index in [-0.39, 0.29) is 24.3 Å². The highest BCUT2D eigenvalue weighted by Gasteiger charge is 2.47. The number of nitrogens with zero attached hydrogens (tertiary/aromatic N) is 3. The highest BCUT2D eigenvalue weighted by atomic mass is 19.4. The van der Waals surface area contributed by atoms with Gasteiger partial charge in [-0.3, -0.25) is 9.78 Å². The lowest BCUT2D eigenvalue weighted by atomic mass is 9.96. The molecule has 0 saturated carbocycles. The molecule has 0 saturated heterocycles. The molecule has 1 aromatic carbocycles. The third-order valence-electron chi connectivity index (χ3n) is 4.93. The Bertz CT molecular complexity index is 1030. The standard InChI is InChI=1S/C20H17F4N5O/c21-14-5-3-13(4-6-14)16-8-17(20(22,23)24)29-18(28-16)15(11-27-29)19(30)26-10-12-2-1-7-25-9-12/h1-7,9,11,16-17,28H,8,10H2,(H,26,30)/t16-,17+/m1/s1. The van der Waals surface area contributed by atoms with Crippen molar-refractivity contribution >= 4 is 11.7 Å². The summed E-state index contributed by atoms with van der Waals surface area (Å²) in [6.07, 6.45) is -0.607. The summed E-state index contributed by atoms with van der Waals surface area (Å²) >= 11 is 0. The van der Waals surface area contributed by atoms with E-state index in [1.165, 1.54) is 24.3 Å². The molecule has 0 unspecified atom stereocenters. The van der Waals surface area contributed by atoms with E-state index in [9.17, 15) is 22.4 Å². The molecule has 3 heterocycles. The van der Waals surface area contributed by atoms with Crippen LogP contribution in [0.1, 0.15) is 40.0 Å². The Morgan fingerprint density at radius 3 is 2.63 bits per heavy atom. The van der Waals surface area contributed by atoms with Gasteiger partial charge >= 0.3 is 6.18 Å². The smallest absolute Gasteiger partial charge is 0.363 e. The van der Waals surface area contributed by atoms with Crippen LogP contribution in [0, 0.1) is 5.82 Å². The number of carbonyl (C=O) groups excluding carboxylic acids is 1. The monoisotopic (exact) mass is 419 g/mol. The molecule has 3 aromatic rings. The Kier molecular flexibility index (Phi) is 5.15. The predicted octanol–water partition coefficient (Wildman–Crippen LogP) is 4.01. The van der Waals surface area contributed by atoms with Gasteiger partial charge in [0.2, 0.25) is 0 Å². The van der Waals surface area contributed by atoms with Crippen LogP contribution >= 0.6 is 0 Å². The van der Waals surface area contributed by atoms with E-state index in [2.05, 4.69) is 20.7 Å². The summed E-state index contributed by atoms with van der Waals surface area (Å²) in [5.41, 5.74) is 1.23. The second-order valence-electron chi connectivity index (χ2n) is 6.94. The first kappa shape index (κ1) is 19.9. The molecule has 1 aliphatic rings. The van der Waals surface area contributed by atoms with Gasteiger partial charge in [-0.1, -0.05) is 18.2 Å². The van der Waals surface area contributed by atoms with Gasteiger partial charge in [-0.15, -0.1) is 0 Å². The second kappa shape index (κ2) is 7.77. The van der Waals surface area contributed by atoms with Crippen molar-refractivity contribution in [2.75, 3.05) is 5.32 Å². The Morgan fingerprint density at radius 2 is 1.97 bits per heavy atom. The molecule has 6 nitrogen and oxygen atoms in total. The molecule has 2 aromatic heterocycles. The number of aromatic nitrogens is 3. The Balaban J connectivity index is 1.62. The van der Waals surface area contributed by atoms with Crippen molar-refractivity contribution in [3.05, 3.63) is 77.5 Å². The van der Waals surface area contributed by atoms with Gasteiger partial charge < -0.3 is 10.6 Å². The Labute approximate surface area is 168 Å². The average molecular weight is 419 g/mol. The molecule has 2 atom stereocenters. The normalized spacial score (nSPS) is 18.4. The minimum absolute atomic E-state index is 0.0000445. The van der Waals surface area contributed by atoms with E-state index in [4.69, 9.17) is 0 Å². The number of benzene rings is 1. The molecule has 156 valence electrons. The fourth-order valence-corrected chi connectivity index (χ4v) is 3.42. The van der Waals surface area contributed by atoms with Crippen molar-refractivity contribution < 1.29 is 22.4 Å². The molecule has 2 N–H and O–H groups in total. The van der Waals surface area contributed by atoms with Crippen molar-refractivity contribution in [3.8, 4) is 0 Å². The van der Waals surface area contributed by atoms with Crippen LogP contribution < -0.4 is 10.6 Å². The molecular formula is C20H17F4N5O. The van der Waals surface area contributed by atoms with E-state index in [0.29, 0.717) is 5.56 Å². The molecule has 30 heavy (non-hydrogen) atoms. The van der Waals surface area contributed by atoms with Crippen LogP contribution in [-0.4, -0.2) is 26.8 Å². The van der Waals surface area contributed by atoms with Crippen molar-refractivity contribution in [1.82, 2.24) is 20.1 Å². The van der Waals surface area contributed by atoms with Gasteiger partial charge in [0.1, 0.15) is 17.2 Å². The molecule has 4 rings (SSSR count). The van der Waals surface area contributed by atoms with Crippen LogP contribution in [0.2, 0.25) is 0 Å². The quantitative estimate of drug-likeness (QED) is 0.627. The highest BCUT2D eigenvalue weighted by Crippen LogP contribution is 2.44. The first-order valence-electron chi connectivity index (χ1n) is 9.16. The number of rotatable bonds is 4. The number of pyridine rings is 1. The van der Waals surface area contributed by atoms with E-state index < -0.39 is 30.0 Å². The van der Waals surface area contributed by atoms with Gasteiger partial charge in [0.25, 0.3) is 5.91 Å². The van der Waals surface area contributed by atoms with Crippen LogP contribution in [0.3, 0.4) is 0 Å². The molecule has 0 fully saturated rings. The van der Waals surface area contributed by atoms with Crippen LogP contribution in [0.25, 0.3) is 0 Å². The van der Waals surface area contributed by atoms with Crippen molar-refractivity contribution in [1.29, 1.82) is 0 Å². The number of fused-ring (bicyclic) bond motifs is 1. The zero-order chi connectivity index (χ0) is 21.3. The van der Waals surface area contributed by atoms with E-state index in [1.54, 1.807) is 24.5 Å². The number of anilines is 1. The lowest BCUT2D eigenvalue weighted by molar-refractivity contribution is -0.173. The van der Waals surface area contributed by atoms with Crippen LogP contribution in [-0.2, 0) is 6.54 Å². The van der Waals surface area contributed by atoms with Gasteiger partial charge in [-0.25, -0.2) is 9.07 Å². The minimum atomic E-state index is -4.56. The number of nitrogens with one attached hydrogen (secondary N) is 2. The summed E-state index contributed by atoms with van der Waals surface area (Å²) < 4.78 is 55.1. The van der Waals surface area contributed by atoms with Crippen molar-refractivity contribution in [3.63, 3.8) is 0 Å². The van der Waals surface area contributed by atoms with Gasteiger partial charge in [0.15, 0.2) is 6.04 Å². The summed E-state index contributed by atoms with van der Waals surface area (Å²) in [5, 5.41) is 9.46. The summed E-state index contributed by atoms with van der Waals surface area (Å²) in [6, 6.07) is 6.04. The number of amides is 1. The summed E-state index contributed by atoms with van der Waals surface area (Å²) in [5.74, 6) is -1.07. The second-order valence-corrected chi connectivity index (χ2v) is 6.94. The lowest BCUT2D eigenvalue weighted by Gasteiger charge is -2.34. The first-order valence-corrected chi connectivity index (χ1v) is 9.16. The molecule has 1 aliphatic heterocycles. The summed E-state index contributed by atoms with van der Waals surface area (Å²) in [4.78, 5) is 16.6. The largest absolute Gasteiger partial charge is 0.410 e.